The van der Waals surface area contributed by atoms with Gasteiger partial charge >= 0.3 is 5.69 Å². The van der Waals surface area contributed by atoms with Crippen LogP contribution in [-0.4, -0.2) is 39.5 Å². The zero-order chi connectivity index (χ0) is 15.9. The minimum atomic E-state index is -0.271. The Morgan fingerprint density at radius 3 is 2.91 bits per heavy atom. The van der Waals surface area contributed by atoms with E-state index in [2.05, 4.69) is 10.3 Å². The molecular weight excluding hydrogens is 302 g/mol. The van der Waals surface area contributed by atoms with Crippen molar-refractivity contribution < 1.29 is 9.90 Å². The van der Waals surface area contributed by atoms with Crippen molar-refractivity contribution in [1.29, 1.82) is 0 Å². The lowest BCUT2D eigenvalue weighted by molar-refractivity contribution is -0.118. The van der Waals surface area contributed by atoms with Crippen LogP contribution in [0.3, 0.4) is 0 Å². The fourth-order valence-corrected chi connectivity index (χ4v) is 3.62. The number of carbonyl (C=O) groups excluding carboxylic acids is 1. The van der Waals surface area contributed by atoms with Gasteiger partial charge in [-0.05, 0) is 39.0 Å². The average molecular weight is 325 g/mol. The molecule has 22 heavy (non-hydrogen) atoms. The van der Waals surface area contributed by atoms with Gasteiger partial charge in [-0.3, -0.25) is 9.36 Å². The quantitative estimate of drug-likeness (QED) is 0.570. The van der Waals surface area contributed by atoms with Crippen LogP contribution in [0.4, 0.5) is 0 Å². The fourth-order valence-electron chi connectivity index (χ4n) is 2.71. The van der Waals surface area contributed by atoms with E-state index in [1.807, 2.05) is 6.92 Å². The minimum absolute atomic E-state index is 0.0386. The Bertz CT molecular complexity index is 586. The summed E-state index contributed by atoms with van der Waals surface area (Å²) < 4.78 is 1.70. The maximum Gasteiger partial charge on any atom is 0.348 e. The number of hydrogen-bond acceptors (Lipinski definition) is 5. The molecule has 0 spiro atoms. The van der Waals surface area contributed by atoms with Crippen LogP contribution in [0, 0.1) is 0 Å². The van der Waals surface area contributed by atoms with E-state index in [4.69, 9.17) is 5.11 Å². The van der Waals surface area contributed by atoms with Crippen LogP contribution in [-0.2, 0) is 24.2 Å². The predicted octanol–water partition coefficient (Wildman–Crippen LogP) is 0.733. The molecule has 1 aliphatic carbocycles. The van der Waals surface area contributed by atoms with Crippen LogP contribution in [0.15, 0.2) is 9.82 Å². The molecule has 0 saturated heterocycles. The lowest BCUT2D eigenvalue weighted by atomic mass is 9.97. The topological polar surface area (TPSA) is 84.2 Å². The lowest BCUT2D eigenvalue weighted by Gasteiger charge is -2.22. The molecule has 2 rings (SSSR count). The molecule has 6 nitrogen and oxygen atoms in total. The number of fused-ring (bicyclic) bond motifs is 1. The highest BCUT2D eigenvalue weighted by molar-refractivity contribution is 7.99. The number of nitrogens with zero attached hydrogens (tertiary/aromatic N) is 2. The second kappa shape index (κ2) is 8.33. The smallest absolute Gasteiger partial charge is 0.348 e. The zero-order valence-corrected chi connectivity index (χ0v) is 13.7. The largest absolute Gasteiger partial charge is 0.396 e. The van der Waals surface area contributed by atoms with Crippen LogP contribution in [0.5, 0.6) is 0 Å². The van der Waals surface area contributed by atoms with Gasteiger partial charge < -0.3 is 10.4 Å². The molecule has 0 aromatic carbocycles. The molecule has 122 valence electrons. The molecule has 0 aliphatic heterocycles. The second-order valence-corrected chi connectivity index (χ2v) is 6.27. The van der Waals surface area contributed by atoms with Crippen molar-refractivity contribution >= 4 is 17.7 Å². The summed E-state index contributed by atoms with van der Waals surface area (Å²) in [5, 5.41) is 12.4. The molecule has 1 aromatic rings. The molecule has 0 fully saturated rings. The van der Waals surface area contributed by atoms with Gasteiger partial charge in [0.1, 0.15) is 5.03 Å². The predicted molar refractivity (Wildman–Crippen MR) is 86.2 cm³/mol. The summed E-state index contributed by atoms with van der Waals surface area (Å²) in [6.45, 7) is 3.06. The number of nitrogens with one attached hydrogen (secondary N) is 1. The van der Waals surface area contributed by atoms with E-state index < -0.39 is 0 Å². The van der Waals surface area contributed by atoms with Crippen molar-refractivity contribution in [1.82, 2.24) is 14.9 Å². The number of amides is 1. The van der Waals surface area contributed by atoms with Crippen molar-refractivity contribution in [3.63, 3.8) is 0 Å². The van der Waals surface area contributed by atoms with Crippen LogP contribution < -0.4 is 11.0 Å². The summed E-state index contributed by atoms with van der Waals surface area (Å²) in [6, 6.07) is 0. The van der Waals surface area contributed by atoms with Crippen LogP contribution >= 0.6 is 11.8 Å². The van der Waals surface area contributed by atoms with Gasteiger partial charge in [0.05, 0.1) is 5.75 Å². The van der Waals surface area contributed by atoms with Gasteiger partial charge in [0.15, 0.2) is 0 Å². The molecule has 0 atom stereocenters. The Kier molecular flexibility index (Phi) is 6.45. The number of thioether (sulfide) groups is 1. The third-order valence-electron chi connectivity index (χ3n) is 3.70. The highest BCUT2D eigenvalue weighted by Crippen LogP contribution is 2.28. The lowest BCUT2D eigenvalue weighted by Crippen LogP contribution is -2.31. The molecule has 0 unspecified atom stereocenters. The Morgan fingerprint density at radius 2 is 2.18 bits per heavy atom. The molecule has 0 saturated carbocycles. The molecule has 2 N–H and O–H groups in total. The molecule has 0 radical (unpaired) electrons. The van der Waals surface area contributed by atoms with E-state index >= 15 is 0 Å². The maximum atomic E-state index is 12.2. The first-order valence-electron chi connectivity index (χ1n) is 7.80. The maximum absolute atomic E-state index is 12.2. The highest BCUT2D eigenvalue weighted by atomic mass is 32.2. The number of hydrogen-bond donors (Lipinski definition) is 2. The number of aliphatic hydroxyl groups excluding tert-OH is 1. The number of rotatable bonds is 7. The van der Waals surface area contributed by atoms with Gasteiger partial charge in [-0.1, -0.05) is 11.8 Å². The fraction of sp³-hybridized carbons (Fsp3) is 0.667. The van der Waals surface area contributed by atoms with Gasteiger partial charge in [0, 0.05) is 31.0 Å². The highest BCUT2D eigenvalue weighted by Gasteiger charge is 2.20. The normalized spacial score (nSPS) is 13.7. The molecule has 7 heteroatoms. The van der Waals surface area contributed by atoms with Crippen molar-refractivity contribution in [3.05, 3.63) is 21.7 Å². The van der Waals surface area contributed by atoms with Crippen molar-refractivity contribution in [2.24, 2.45) is 0 Å². The van der Waals surface area contributed by atoms with Crippen molar-refractivity contribution in [3.8, 4) is 0 Å². The second-order valence-electron chi connectivity index (χ2n) is 5.30. The summed E-state index contributed by atoms with van der Waals surface area (Å²) in [5.74, 6) is 0.246. The first-order chi connectivity index (χ1) is 10.7. The monoisotopic (exact) mass is 325 g/mol. The van der Waals surface area contributed by atoms with Gasteiger partial charge in [-0.15, -0.1) is 0 Å². The zero-order valence-electron chi connectivity index (χ0n) is 12.9. The van der Waals surface area contributed by atoms with E-state index in [0.717, 1.165) is 36.9 Å². The Balaban J connectivity index is 2.25. The van der Waals surface area contributed by atoms with Crippen molar-refractivity contribution in [2.75, 3.05) is 18.9 Å². The van der Waals surface area contributed by atoms with Crippen LogP contribution in [0.1, 0.15) is 37.4 Å². The summed E-state index contributed by atoms with van der Waals surface area (Å²) >= 11 is 1.34. The molecule has 1 amide bonds. The Morgan fingerprint density at radius 1 is 1.41 bits per heavy atom. The third kappa shape index (κ3) is 4.10. The molecule has 1 aliphatic rings. The number of aromatic nitrogens is 2. The first kappa shape index (κ1) is 17.0. The van der Waals surface area contributed by atoms with E-state index in [0.29, 0.717) is 24.5 Å². The Hall–Kier alpha value is -1.34. The first-order valence-corrected chi connectivity index (χ1v) is 8.78. The standard InChI is InChI=1S/C15H23N3O3S/c1-2-16-13(20)10-22-14-11-6-3-4-7-12(11)18(8-5-9-19)15(21)17-14/h19H,2-10H2,1H3,(H,16,20). The molecule has 1 heterocycles. The summed E-state index contributed by atoms with van der Waals surface area (Å²) in [5.41, 5.74) is 1.88. The van der Waals surface area contributed by atoms with E-state index in [1.54, 1.807) is 4.57 Å². The average Bonchev–Trinajstić information content (AvgIpc) is 2.52. The summed E-state index contributed by atoms with van der Waals surface area (Å²) in [6.07, 6.45) is 4.48. The third-order valence-corrected chi connectivity index (χ3v) is 4.72. The number of aliphatic hydroxyl groups is 1. The molecule has 0 bridgehead atoms. The SMILES string of the molecule is CCNC(=O)CSc1nc(=O)n(CCCO)c2c1CCCC2. The number of carbonyl (C=O) groups is 1. The van der Waals surface area contributed by atoms with Gasteiger partial charge in [0.2, 0.25) is 5.91 Å². The summed E-state index contributed by atoms with van der Waals surface area (Å²) in [7, 11) is 0. The van der Waals surface area contributed by atoms with Gasteiger partial charge in [-0.2, -0.15) is 4.98 Å². The van der Waals surface area contributed by atoms with Crippen LogP contribution in [0.2, 0.25) is 0 Å². The van der Waals surface area contributed by atoms with Crippen molar-refractivity contribution in [2.45, 2.75) is 50.6 Å². The molecule has 1 aromatic heterocycles. The summed E-state index contributed by atoms with van der Waals surface area (Å²) in [4.78, 5) is 28.0. The van der Waals surface area contributed by atoms with E-state index in [-0.39, 0.29) is 24.0 Å². The van der Waals surface area contributed by atoms with Gasteiger partial charge in [-0.25, -0.2) is 4.79 Å². The minimum Gasteiger partial charge on any atom is -0.396 e. The van der Waals surface area contributed by atoms with Gasteiger partial charge in [0.25, 0.3) is 0 Å². The van der Waals surface area contributed by atoms with Crippen LogP contribution in [0.25, 0.3) is 0 Å². The van der Waals surface area contributed by atoms with E-state index in [9.17, 15) is 9.59 Å². The Labute approximate surface area is 134 Å². The molecular formula is C15H23N3O3S. The van der Waals surface area contributed by atoms with E-state index in [1.165, 1.54) is 11.8 Å².